The fourth-order valence-electron chi connectivity index (χ4n) is 2.93. The largest absolute Gasteiger partial charge is 0.314 e. The Kier molecular flexibility index (Phi) is 4.60. The molecule has 2 rings (SSSR count). The zero-order chi connectivity index (χ0) is 12.3. The van der Waals surface area contributed by atoms with Crippen molar-refractivity contribution in [1.29, 1.82) is 0 Å². The quantitative estimate of drug-likeness (QED) is 0.885. The van der Waals surface area contributed by atoms with Gasteiger partial charge >= 0.3 is 0 Å². The summed E-state index contributed by atoms with van der Waals surface area (Å²) in [6.07, 6.45) is 2.57. The normalized spacial score (nSPS) is 28.2. The highest BCUT2D eigenvalue weighted by molar-refractivity contribution is 7.10. The summed E-state index contributed by atoms with van der Waals surface area (Å²) < 4.78 is 0. The molecule has 2 heterocycles. The highest BCUT2D eigenvalue weighted by Gasteiger charge is 2.28. The second-order valence-corrected chi connectivity index (χ2v) is 6.04. The van der Waals surface area contributed by atoms with E-state index in [4.69, 9.17) is 0 Å². The molecule has 1 aliphatic heterocycles. The van der Waals surface area contributed by atoms with E-state index in [1.807, 2.05) is 11.3 Å². The van der Waals surface area contributed by atoms with Crippen molar-refractivity contribution >= 4 is 11.3 Å². The molecule has 17 heavy (non-hydrogen) atoms. The molecule has 1 fully saturated rings. The Balaban J connectivity index is 1.95. The Morgan fingerprint density at radius 3 is 3.00 bits per heavy atom. The number of nitrogens with one attached hydrogen (secondary N) is 1. The highest BCUT2D eigenvalue weighted by atomic mass is 32.1. The van der Waals surface area contributed by atoms with E-state index in [-0.39, 0.29) is 0 Å². The lowest BCUT2D eigenvalue weighted by molar-refractivity contribution is 0.0976. The summed E-state index contributed by atoms with van der Waals surface area (Å²) in [6, 6.07) is 6.41. The van der Waals surface area contributed by atoms with Crippen molar-refractivity contribution in [3.63, 3.8) is 0 Å². The van der Waals surface area contributed by atoms with Gasteiger partial charge in [0.15, 0.2) is 0 Å². The Morgan fingerprint density at radius 1 is 1.59 bits per heavy atom. The first-order chi connectivity index (χ1) is 8.22. The van der Waals surface area contributed by atoms with Gasteiger partial charge in [0.1, 0.15) is 0 Å². The maximum absolute atomic E-state index is 3.59. The van der Waals surface area contributed by atoms with Crippen molar-refractivity contribution in [3.05, 3.63) is 22.4 Å². The van der Waals surface area contributed by atoms with Gasteiger partial charge in [0.2, 0.25) is 0 Å². The van der Waals surface area contributed by atoms with Gasteiger partial charge in [-0.25, -0.2) is 0 Å². The fourth-order valence-corrected chi connectivity index (χ4v) is 3.74. The number of thiophene rings is 1. The van der Waals surface area contributed by atoms with Crippen molar-refractivity contribution < 1.29 is 0 Å². The van der Waals surface area contributed by atoms with Crippen molar-refractivity contribution in [2.24, 2.45) is 0 Å². The minimum absolute atomic E-state index is 0.576. The van der Waals surface area contributed by atoms with Crippen molar-refractivity contribution in [3.8, 4) is 0 Å². The van der Waals surface area contributed by atoms with E-state index in [1.165, 1.54) is 24.3 Å². The number of rotatable bonds is 4. The Labute approximate surface area is 109 Å². The van der Waals surface area contributed by atoms with Gasteiger partial charge in [-0.2, -0.15) is 0 Å². The van der Waals surface area contributed by atoms with Crippen LogP contribution in [0.3, 0.4) is 0 Å². The zero-order valence-electron chi connectivity index (χ0n) is 11.1. The number of likely N-dealkylation sites (tertiary alicyclic amines) is 1. The van der Waals surface area contributed by atoms with Gasteiger partial charge < -0.3 is 5.32 Å². The van der Waals surface area contributed by atoms with Gasteiger partial charge in [-0.1, -0.05) is 13.0 Å². The first kappa shape index (κ1) is 13.1. The van der Waals surface area contributed by atoms with Gasteiger partial charge in [-0.05, 0) is 44.7 Å². The smallest absolute Gasteiger partial charge is 0.0416 e. The van der Waals surface area contributed by atoms with E-state index < -0.39 is 0 Å². The molecule has 0 spiro atoms. The van der Waals surface area contributed by atoms with Crippen LogP contribution in [0.5, 0.6) is 0 Å². The summed E-state index contributed by atoms with van der Waals surface area (Å²) in [7, 11) is 0. The Hall–Kier alpha value is -0.380. The van der Waals surface area contributed by atoms with Gasteiger partial charge in [-0.15, -0.1) is 11.3 Å². The molecule has 1 saturated heterocycles. The third-order valence-corrected chi connectivity index (χ3v) is 4.92. The number of nitrogens with zero attached hydrogens (tertiary/aromatic N) is 1. The summed E-state index contributed by atoms with van der Waals surface area (Å²) in [4.78, 5) is 4.15. The molecular weight excluding hydrogens is 228 g/mol. The molecule has 3 atom stereocenters. The van der Waals surface area contributed by atoms with Gasteiger partial charge in [0.05, 0.1) is 0 Å². The lowest BCUT2D eigenvalue weighted by Crippen LogP contribution is -2.48. The maximum atomic E-state index is 3.59. The fraction of sp³-hybridized carbons (Fsp3) is 0.714. The minimum Gasteiger partial charge on any atom is -0.314 e. The van der Waals surface area contributed by atoms with Crippen LogP contribution in [0.25, 0.3) is 0 Å². The molecule has 96 valence electrons. The summed E-state index contributed by atoms with van der Waals surface area (Å²) in [6.45, 7) is 9.23. The Morgan fingerprint density at radius 2 is 2.41 bits per heavy atom. The third-order valence-electron chi connectivity index (χ3n) is 3.87. The van der Waals surface area contributed by atoms with E-state index in [2.05, 4.69) is 48.5 Å². The molecule has 1 N–H and O–H groups in total. The van der Waals surface area contributed by atoms with Crippen molar-refractivity contribution in [2.75, 3.05) is 13.1 Å². The summed E-state index contributed by atoms with van der Waals surface area (Å²) >= 11 is 1.88. The van der Waals surface area contributed by atoms with E-state index in [9.17, 15) is 0 Å². The monoisotopic (exact) mass is 252 g/mol. The first-order valence-corrected chi connectivity index (χ1v) is 7.62. The highest BCUT2D eigenvalue weighted by Crippen LogP contribution is 2.30. The molecule has 1 aliphatic rings. The average Bonchev–Trinajstić information content (AvgIpc) is 2.82. The predicted molar refractivity (Wildman–Crippen MR) is 75.6 cm³/mol. The molecule has 0 aromatic carbocycles. The molecular formula is C14H24N2S. The van der Waals surface area contributed by atoms with Crippen LogP contribution in [0.4, 0.5) is 0 Å². The molecule has 0 aliphatic carbocycles. The lowest BCUT2D eigenvalue weighted by atomic mass is 9.96. The summed E-state index contributed by atoms with van der Waals surface area (Å²) in [5, 5.41) is 5.77. The predicted octanol–water partition coefficient (Wildman–Crippen LogP) is 3.27. The van der Waals surface area contributed by atoms with Crippen LogP contribution in [0.15, 0.2) is 17.5 Å². The Bertz CT molecular complexity index is 323. The molecule has 0 bridgehead atoms. The maximum Gasteiger partial charge on any atom is 0.0416 e. The molecule has 1 aromatic rings. The van der Waals surface area contributed by atoms with Gasteiger partial charge in [0, 0.05) is 29.5 Å². The molecule has 2 nitrogen and oxygen atoms in total. The van der Waals surface area contributed by atoms with Crippen LogP contribution in [0.2, 0.25) is 0 Å². The van der Waals surface area contributed by atoms with Gasteiger partial charge in [-0.3, -0.25) is 4.90 Å². The zero-order valence-corrected chi connectivity index (χ0v) is 12.0. The topological polar surface area (TPSA) is 15.3 Å². The standard InChI is InChI=1S/C14H24N2S/c1-4-15-13-7-8-16(11(2)10-13)12(3)14-6-5-9-17-14/h5-6,9,11-13,15H,4,7-8,10H2,1-3H3. The molecule has 1 aromatic heterocycles. The molecule has 0 radical (unpaired) electrons. The number of hydrogen-bond donors (Lipinski definition) is 1. The number of hydrogen-bond acceptors (Lipinski definition) is 3. The van der Waals surface area contributed by atoms with E-state index in [0.29, 0.717) is 12.1 Å². The van der Waals surface area contributed by atoms with Crippen LogP contribution >= 0.6 is 11.3 Å². The molecule has 3 unspecified atom stereocenters. The van der Waals surface area contributed by atoms with E-state index in [1.54, 1.807) is 0 Å². The van der Waals surface area contributed by atoms with Crippen molar-refractivity contribution in [2.45, 2.75) is 51.7 Å². The molecule has 0 amide bonds. The SMILES string of the molecule is CCNC1CCN(C(C)c2cccs2)C(C)C1. The molecule has 0 saturated carbocycles. The van der Waals surface area contributed by atoms with Crippen molar-refractivity contribution in [1.82, 2.24) is 10.2 Å². The second-order valence-electron chi connectivity index (χ2n) is 5.06. The average molecular weight is 252 g/mol. The van der Waals surface area contributed by atoms with E-state index in [0.717, 1.165) is 12.6 Å². The lowest BCUT2D eigenvalue weighted by Gasteiger charge is -2.41. The first-order valence-electron chi connectivity index (χ1n) is 6.75. The number of piperidine rings is 1. The third kappa shape index (κ3) is 3.09. The summed E-state index contributed by atoms with van der Waals surface area (Å²) in [5.74, 6) is 0. The molecule has 3 heteroatoms. The van der Waals surface area contributed by atoms with E-state index >= 15 is 0 Å². The van der Waals surface area contributed by atoms with Crippen LogP contribution in [0, 0.1) is 0 Å². The van der Waals surface area contributed by atoms with Crippen LogP contribution < -0.4 is 5.32 Å². The second kappa shape index (κ2) is 5.98. The minimum atomic E-state index is 0.576. The van der Waals surface area contributed by atoms with Crippen LogP contribution in [0.1, 0.15) is 44.5 Å². The van der Waals surface area contributed by atoms with Crippen LogP contribution in [-0.2, 0) is 0 Å². The van der Waals surface area contributed by atoms with Gasteiger partial charge in [0.25, 0.3) is 0 Å². The van der Waals surface area contributed by atoms with Crippen LogP contribution in [-0.4, -0.2) is 30.1 Å². The summed E-state index contributed by atoms with van der Waals surface area (Å²) in [5.41, 5.74) is 0.